The van der Waals surface area contributed by atoms with Crippen LogP contribution in [0.4, 0.5) is 11.5 Å². The Labute approximate surface area is 112 Å². The zero-order valence-corrected chi connectivity index (χ0v) is 11.6. The third kappa shape index (κ3) is 3.01. The second-order valence-corrected chi connectivity index (χ2v) is 5.41. The van der Waals surface area contributed by atoms with Crippen molar-refractivity contribution in [2.24, 2.45) is 0 Å². The molecule has 18 heavy (non-hydrogen) atoms. The first-order valence-electron chi connectivity index (χ1n) is 6.22. The van der Waals surface area contributed by atoms with Crippen molar-refractivity contribution < 1.29 is 0 Å². The highest BCUT2D eigenvalue weighted by atomic mass is 32.1. The molecule has 0 spiro atoms. The molecule has 3 nitrogen and oxygen atoms in total. The maximum absolute atomic E-state index is 5.78. The Morgan fingerprint density at radius 2 is 2.33 bits per heavy atom. The first-order valence-corrected chi connectivity index (χ1v) is 7.10. The molecular weight excluding hydrogens is 242 g/mol. The van der Waals surface area contributed by atoms with E-state index in [0.29, 0.717) is 6.04 Å². The highest BCUT2D eigenvalue weighted by Crippen LogP contribution is 2.27. The molecule has 0 aliphatic heterocycles. The number of nitrogen functional groups attached to an aromatic ring is 1. The van der Waals surface area contributed by atoms with Crippen LogP contribution in [0.5, 0.6) is 0 Å². The van der Waals surface area contributed by atoms with E-state index in [4.69, 9.17) is 5.73 Å². The molecule has 1 atom stereocenters. The maximum Gasteiger partial charge on any atom is 0.126 e. The van der Waals surface area contributed by atoms with Gasteiger partial charge >= 0.3 is 0 Å². The number of pyridine rings is 1. The fourth-order valence-electron chi connectivity index (χ4n) is 1.89. The van der Waals surface area contributed by atoms with Crippen LogP contribution in [0.2, 0.25) is 0 Å². The lowest BCUT2D eigenvalue weighted by Crippen LogP contribution is -2.10. The average Bonchev–Trinajstić information content (AvgIpc) is 2.87. The van der Waals surface area contributed by atoms with Gasteiger partial charge in [-0.1, -0.05) is 19.4 Å². The molecule has 0 bridgehead atoms. The van der Waals surface area contributed by atoms with Crippen molar-refractivity contribution >= 4 is 22.8 Å². The van der Waals surface area contributed by atoms with E-state index in [9.17, 15) is 0 Å². The highest BCUT2D eigenvalue weighted by molar-refractivity contribution is 7.10. The molecule has 96 valence electrons. The topological polar surface area (TPSA) is 50.9 Å². The van der Waals surface area contributed by atoms with Gasteiger partial charge in [-0.25, -0.2) is 4.98 Å². The summed E-state index contributed by atoms with van der Waals surface area (Å²) in [5.41, 5.74) is 7.59. The Hall–Kier alpha value is -1.55. The fraction of sp³-hybridized carbons (Fsp3) is 0.357. The Bertz CT molecular complexity index is 494. The zero-order valence-electron chi connectivity index (χ0n) is 10.8. The molecule has 0 radical (unpaired) electrons. The number of hydrogen-bond donors (Lipinski definition) is 2. The Morgan fingerprint density at radius 3 is 2.94 bits per heavy atom. The third-order valence-corrected chi connectivity index (χ3v) is 3.92. The molecule has 0 aliphatic rings. The summed E-state index contributed by atoms with van der Waals surface area (Å²) in [7, 11) is 0. The number of hydrogen-bond acceptors (Lipinski definition) is 4. The van der Waals surface area contributed by atoms with Gasteiger partial charge in [0.05, 0.1) is 17.9 Å². The summed E-state index contributed by atoms with van der Waals surface area (Å²) in [6.45, 7) is 4.20. The van der Waals surface area contributed by atoms with Crippen LogP contribution >= 0.6 is 11.3 Å². The van der Waals surface area contributed by atoms with E-state index in [-0.39, 0.29) is 0 Å². The van der Waals surface area contributed by atoms with E-state index in [1.54, 1.807) is 17.5 Å². The van der Waals surface area contributed by atoms with Crippen LogP contribution in [0.3, 0.4) is 0 Å². The summed E-state index contributed by atoms with van der Waals surface area (Å²) in [4.78, 5) is 5.69. The molecule has 0 aromatic carbocycles. The van der Waals surface area contributed by atoms with E-state index >= 15 is 0 Å². The zero-order chi connectivity index (χ0) is 13.0. The van der Waals surface area contributed by atoms with Gasteiger partial charge in [0.25, 0.3) is 0 Å². The quantitative estimate of drug-likeness (QED) is 0.855. The van der Waals surface area contributed by atoms with Crippen LogP contribution in [0.25, 0.3) is 0 Å². The molecule has 2 rings (SSSR count). The monoisotopic (exact) mass is 261 g/mol. The van der Waals surface area contributed by atoms with Crippen molar-refractivity contribution in [3.05, 3.63) is 40.2 Å². The average molecular weight is 261 g/mol. The van der Waals surface area contributed by atoms with Gasteiger partial charge in [-0.05, 0) is 36.4 Å². The summed E-state index contributed by atoms with van der Waals surface area (Å²) in [6.07, 6.45) is 3.96. The molecule has 0 amide bonds. The third-order valence-electron chi connectivity index (χ3n) is 2.94. The fourth-order valence-corrected chi connectivity index (χ4v) is 2.70. The predicted molar refractivity (Wildman–Crippen MR) is 79.0 cm³/mol. The van der Waals surface area contributed by atoms with E-state index in [1.165, 1.54) is 4.88 Å². The Kier molecular flexibility index (Phi) is 4.20. The van der Waals surface area contributed by atoms with Crippen LogP contribution in [0.1, 0.15) is 36.2 Å². The summed E-state index contributed by atoms with van der Waals surface area (Å²) in [6, 6.07) is 6.60. The van der Waals surface area contributed by atoms with Crippen molar-refractivity contribution in [3.8, 4) is 0 Å². The summed E-state index contributed by atoms with van der Waals surface area (Å²) in [5.74, 6) is 0.897. The van der Waals surface area contributed by atoms with Crippen LogP contribution in [-0.4, -0.2) is 4.98 Å². The van der Waals surface area contributed by atoms with Gasteiger partial charge in [-0.2, -0.15) is 0 Å². The number of nitrogens with zero attached hydrogens (tertiary/aromatic N) is 1. The van der Waals surface area contributed by atoms with E-state index in [0.717, 1.165) is 29.9 Å². The summed E-state index contributed by atoms with van der Waals surface area (Å²) < 4.78 is 0. The van der Waals surface area contributed by atoms with Crippen molar-refractivity contribution in [3.63, 3.8) is 0 Å². The summed E-state index contributed by atoms with van der Waals surface area (Å²) >= 11 is 1.78. The second-order valence-electron chi connectivity index (χ2n) is 4.43. The van der Waals surface area contributed by atoms with E-state index in [1.807, 2.05) is 13.0 Å². The normalized spacial score (nSPS) is 12.3. The van der Waals surface area contributed by atoms with E-state index in [2.05, 4.69) is 34.7 Å². The number of aromatic nitrogens is 1. The van der Waals surface area contributed by atoms with Crippen LogP contribution in [-0.2, 0) is 0 Å². The minimum absolute atomic E-state index is 0.338. The minimum atomic E-state index is 0.338. The molecule has 2 heterocycles. The molecule has 0 aliphatic carbocycles. The van der Waals surface area contributed by atoms with Gasteiger partial charge < -0.3 is 11.1 Å². The van der Waals surface area contributed by atoms with Gasteiger partial charge in [0.2, 0.25) is 0 Å². The van der Waals surface area contributed by atoms with Crippen molar-refractivity contribution in [1.29, 1.82) is 0 Å². The molecule has 0 fully saturated rings. The van der Waals surface area contributed by atoms with Gasteiger partial charge in [-0.3, -0.25) is 0 Å². The molecule has 2 aromatic rings. The van der Waals surface area contributed by atoms with Gasteiger partial charge in [0, 0.05) is 4.88 Å². The first-order chi connectivity index (χ1) is 8.70. The lowest BCUT2D eigenvalue weighted by molar-refractivity contribution is 0.684. The van der Waals surface area contributed by atoms with Crippen LogP contribution < -0.4 is 11.1 Å². The number of nitrogens with two attached hydrogens (primary N) is 1. The van der Waals surface area contributed by atoms with Crippen LogP contribution in [0.15, 0.2) is 29.8 Å². The Morgan fingerprint density at radius 1 is 1.50 bits per heavy atom. The van der Waals surface area contributed by atoms with Gasteiger partial charge in [-0.15, -0.1) is 11.3 Å². The molecule has 0 saturated heterocycles. The number of rotatable bonds is 5. The molecule has 3 N–H and O–H groups in total. The van der Waals surface area contributed by atoms with E-state index < -0.39 is 0 Å². The van der Waals surface area contributed by atoms with Gasteiger partial charge in [0.1, 0.15) is 5.82 Å². The smallest absolute Gasteiger partial charge is 0.126 e. The molecule has 2 aromatic heterocycles. The lowest BCUT2D eigenvalue weighted by Gasteiger charge is -2.17. The minimum Gasteiger partial charge on any atom is -0.397 e. The number of aryl methyl sites for hydroxylation is 1. The molecular formula is C14H19N3S. The molecule has 1 unspecified atom stereocenters. The van der Waals surface area contributed by atoms with Gasteiger partial charge in [0.15, 0.2) is 0 Å². The van der Waals surface area contributed by atoms with Crippen LogP contribution in [0, 0.1) is 6.92 Å². The van der Waals surface area contributed by atoms with Crippen molar-refractivity contribution in [2.75, 3.05) is 11.1 Å². The SMILES string of the molecule is CCCC(Nc1cc(C)c(N)cn1)c1cccs1. The highest BCUT2D eigenvalue weighted by Gasteiger charge is 2.12. The number of anilines is 2. The van der Waals surface area contributed by atoms with Crippen molar-refractivity contribution in [2.45, 2.75) is 32.7 Å². The summed E-state index contributed by atoms with van der Waals surface area (Å²) in [5, 5.41) is 5.61. The van der Waals surface area contributed by atoms with Crippen molar-refractivity contribution in [1.82, 2.24) is 4.98 Å². The number of thiophene rings is 1. The largest absolute Gasteiger partial charge is 0.397 e. The Balaban J connectivity index is 2.16. The number of nitrogens with one attached hydrogen (secondary N) is 1. The standard InChI is InChI=1S/C14H19N3S/c1-3-5-12(13-6-4-7-18-13)17-14-8-10(2)11(15)9-16-14/h4,6-9,12H,3,5,15H2,1-2H3,(H,16,17). The molecule has 0 saturated carbocycles. The molecule has 4 heteroatoms. The second kappa shape index (κ2) is 5.87. The maximum atomic E-state index is 5.78. The predicted octanol–water partition coefficient (Wildman–Crippen LogP) is 3.99. The lowest BCUT2D eigenvalue weighted by atomic mass is 10.1. The first kappa shape index (κ1) is 12.9.